The summed E-state index contributed by atoms with van der Waals surface area (Å²) >= 11 is 1.48. The van der Waals surface area contributed by atoms with Crippen LogP contribution in [0.25, 0.3) is 5.69 Å². The third-order valence-corrected chi connectivity index (χ3v) is 7.53. The Bertz CT molecular complexity index is 1240. The predicted molar refractivity (Wildman–Crippen MR) is 119 cm³/mol. The molecule has 8 nitrogen and oxygen atoms in total. The summed E-state index contributed by atoms with van der Waals surface area (Å²) in [4.78, 5) is 16.6. The zero-order valence-electron chi connectivity index (χ0n) is 17.2. The molecule has 0 atom stereocenters. The summed E-state index contributed by atoms with van der Waals surface area (Å²) in [7, 11) is -4.05. The van der Waals surface area contributed by atoms with E-state index in [4.69, 9.17) is 4.74 Å². The molecule has 1 saturated heterocycles. The van der Waals surface area contributed by atoms with E-state index in [-0.39, 0.29) is 32.0 Å². The molecule has 1 aliphatic rings. The maximum absolute atomic E-state index is 14.4. The van der Waals surface area contributed by atoms with Crippen molar-refractivity contribution in [3.63, 3.8) is 0 Å². The topological polar surface area (TPSA) is 93.5 Å². The summed E-state index contributed by atoms with van der Waals surface area (Å²) in [5, 5.41) is 3.44. The predicted octanol–water partition coefficient (Wildman–Crippen LogP) is 3.01. The van der Waals surface area contributed by atoms with Crippen molar-refractivity contribution in [3.05, 3.63) is 66.2 Å². The summed E-state index contributed by atoms with van der Waals surface area (Å²) in [6.45, 7) is 0.806. The van der Waals surface area contributed by atoms with Gasteiger partial charge in [0.25, 0.3) is 5.91 Å². The molecule has 1 aromatic heterocycles. The van der Waals surface area contributed by atoms with Crippen molar-refractivity contribution in [2.75, 3.05) is 37.9 Å². The van der Waals surface area contributed by atoms with Gasteiger partial charge in [0.2, 0.25) is 10.0 Å². The van der Waals surface area contributed by atoms with E-state index in [1.54, 1.807) is 30.6 Å². The van der Waals surface area contributed by atoms with Gasteiger partial charge in [0.05, 0.1) is 13.2 Å². The lowest BCUT2D eigenvalue weighted by atomic mass is 10.2. The first kappa shape index (κ1) is 22.5. The van der Waals surface area contributed by atoms with Crippen LogP contribution < -0.4 is 5.32 Å². The highest BCUT2D eigenvalue weighted by Gasteiger charge is 2.29. The Morgan fingerprint density at radius 1 is 1.19 bits per heavy atom. The number of nitrogens with one attached hydrogen (secondary N) is 1. The van der Waals surface area contributed by atoms with Crippen LogP contribution >= 0.6 is 11.8 Å². The van der Waals surface area contributed by atoms with Crippen molar-refractivity contribution in [1.29, 1.82) is 0 Å². The van der Waals surface area contributed by atoms with Crippen LogP contribution in [-0.4, -0.2) is 60.7 Å². The second-order valence-corrected chi connectivity index (χ2v) is 9.63. The molecule has 168 valence electrons. The molecule has 2 aromatic carbocycles. The van der Waals surface area contributed by atoms with Gasteiger partial charge in [-0.1, -0.05) is 17.8 Å². The van der Waals surface area contributed by atoms with Gasteiger partial charge in [-0.15, -0.1) is 0 Å². The van der Waals surface area contributed by atoms with Crippen LogP contribution in [-0.2, 0) is 14.8 Å². The van der Waals surface area contributed by atoms with Crippen molar-refractivity contribution >= 4 is 33.4 Å². The number of imidazole rings is 1. The fourth-order valence-corrected chi connectivity index (χ4v) is 5.37. The van der Waals surface area contributed by atoms with Crippen LogP contribution in [0.15, 0.2) is 64.9 Å². The average Bonchev–Trinajstić information content (AvgIpc) is 3.30. The number of ether oxygens (including phenoxy) is 1. The van der Waals surface area contributed by atoms with E-state index >= 15 is 0 Å². The zero-order chi connectivity index (χ0) is 22.7. The molecule has 1 fully saturated rings. The highest BCUT2D eigenvalue weighted by molar-refractivity contribution is 7.98. The van der Waals surface area contributed by atoms with E-state index in [2.05, 4.69) is 10.3 Å². The van der Waals surface area contributed by atoms with Crippen LogP contribution in [0.5, 0.6) is 0 Å². The Balaban J connectivity index is 1.58. The number of aromatic nitrogens is 2. The van der Waals surface area contributed by atoms with Crippen LogP contribution in [0.4, 0.5) is 10.1 Å². The molecule has 0 saturated carbocycles. The third-order valence-electron chi connectivity index (χ3n) is 4.95. The van der Waals surface area contributed by atoms with Gasteiger partial charge in [-0.05, 0) is 42.7 Å². The Labute approximate surface area is 189 Å². The molecule has 1 N–H and O–H groups in total. The lowest BCUT2D eigenvalue weighted by molar-refractivity contribution is 0.0729. The zero-order valence-corrected chi connectivity index (χ0v) is 18.8. The first-order valence-electron chi connectivity index (χ1n) is 9.77. The van der Waals surface area contributed by atoms with Crippen molar-refractivity contribution in [2.45, 2.75) is 10.1 Å². The van der Waals surface area contributed by atoms with Gasteiger partial charge < -0.3 is 10.1 Å². The van der Waals surface area contributed by atoms with Crippen molar-refractivity contribution in [2.24, 2.45) is 0 Å². The molecule has 0 bridgehead atoms. The molecular weight excluding hydrogens is 455 g/mol. The summed E-state index contributed by atoms with van der Waals surface area (Å²) in [6.07, 6.45) is 5.38. The number of hydrogen-bond acceptors (Lipinski definition) is 6. The van der Waals surface area contributed by atoms with Crippen LogP contribution in [0.2, 0.25) is 0 Å². The number of benzene rings is 2. The minimum absolute atomic E-state index is 0.150. The van der Waals surface area contributed by atoms with Gasteiger partial charge in [0.1, 0.15) is 10.7 Å². The number of thioether (sulfide) groups is 1. The van der Waals surface area contributed by atoms with E-state index in [1.165, 1.54) is 22.1 Å². The van der Waals surface area contributed by atoms with Crippen LogP contribution in [0, 0.1) is 5.82 Å². The maximum atomic E-state index is 14.4. The van der Waals surface area contributed by atoms with E-state index < -0.39 is 26.6 Å². The number of nitrogens with zero attached hydrogens (tertiary/aromatic N) is 3. The maximum Gasteiger partial charge on any atom is 0.255 e. The largest absolute Gasteiger partial charge is 0.379 e. The second kappa shape index (κ2) is 9.41. The Morgan fingerprint density at radius 2 is 1.97 bits per heavy atom. The van der Waals surface area contributed by atoms with E-state index in [0.717, 1.165) is 23.0 Å². The van der Waals surface area contributed by atoms with Gasteiger partial charge >= 0.3 is 0 Å². The minimum atomic E-state index is -4.05. The highest BCUT2D eigenvalue weighted by Crippen LogP contribution is 2.25. The monoisotopic (exact) mass is 476 g/mol. The van der Waals surface area contributed by atoms with Gasteiger partial charge in [-0.25, -0.2) is 17.8 Å². The molecule has 2 heterocycles. The summed E-state index contributed by atoms with van der Waals surface area (Å²) < 4.78 is 48.3. The number of hydrogen-bond donors (Lipinski definition) is 1. The van der Waals surface area contributed by atoms with Crippen molar-refractivity contribution < 1.29 is 22.3 Å². The Morgan fingerprint density at radius 3 is 2.72 bits per heavy atom. The number of morpholine rings is 1. The molecular formula is C21H21FN4O4S2. The molecule has 3 aromatic rings. The standard InChI is InChI=1S/C21H21FN4O4S2/c1-31-21-23-7-8-26(21)17-4-2-3-15(13-17)20(27)24-16-5-6-18(22)19(14-16)32(28,29)25-9-11-30-12-10-25/h2-8,13-14H,9-12H2,1H3,(H,24,27). The van der Waals surface area contributed by atoms with Crippen molar-refractivity contribution in [1.82, 2.24) is 13.9 Å². The van der Waals surface area contributed by atoms with Gasteiger partial charge in [-0.3, -0.25) is 9.36 Å². The van der Waals surface area contributed by atoms with Crippen LogP contribution in [0.1, 0.15) is 10.4 Å². The molecule has 0 spiro atoms. The molecule has 0 radical (unpaired) electrons. The molecule has 1 amide bonds. The number of halogens is 1. The van der Waals surface area contributed by atoms with Gasteiger partial charge in [0, 0.05) is 42.4 Å². The number of rotatable bonds is 6. The summed E-state index contributed by atoms with van der Waals surface area (Å²) in [6, 6.07) is 10.4. The smallest absolute Gasteiger partial charge is 0.255 e. The first-order valence-corrected chi connectivity index (χ1v) is 12.4. The van der Waals surface area contributed by atoms with E-state index in [1.807, 2.05) is 16.9 Å². The molecule has 32 heavy (non-hydrogen) atoms. The fourth-order valence-electron chi connectivity index (χ4n) is 3.34. The number of carbonyl (C=O) groups excluding carboxylic acids is 1. The molecule has 1 aliphatic heterocycles. The Kier molecular flexibility index (Phi) is 6.60. The number of sulfonamides is 1. The number of anilines is 1. The van der Waals surface area contributed by atoms with Crippen LogP contribution in [0.3, 0.4) is 0 Å². The molecule has 0 aliphatic carbocycles. The quantitative estimate of drug-likeness (QED) is 0.550. The first-order chi connectivity index (χ1) is 15.4. The molecule has 0 unspecified atom stereocenters. The summed E-state index contributed by atoms with van der Waals surface area (Å²) in [5.41, 5.74) is 1.31. The van der Waals surface area contributed by atoms with Gasteiger partial charge in [0.15, 0.2) is 5.16 Å². The van der Waals surface area contributed by atoms with E-state index in [9.17, 15) is 17.6 Å². The number of carbonyl (C=O) groups is 1. The normalized spacial score (nSPS) is 14.9. The minimum Gasteiger partial charge on any atom is -0.379 e. The molecule has 4 rings (SSSR count). The number of amides is 1. The highest BCUT2D eigenvalue weighted by atomic mass is 32.2. The SMILES string of the molecule is CSc1nccn1-c1cccc(C(=O)Nc2ccc(F)c(S(=O)(=O)N3CCOCC3)c2)c1. The molecule has 11 heteroatoms. The lowest BCUT2D eigenvalue weighted by Crippen LogP contribution is -2.40. The summed E-state index contributed by atoms with van der Waals surface area (Å²) in [5.74, 6) is -1.32. The van der Waals surface area contributed by atoms with E-state index in [0.29, 0.717) is 5.56 Å². The fraction of sp³-hybridized carbons (Fsp3) is 0.238. The lowest BCUT2D eigenvalue weighted by Gasteiger charge is -2.26. The third kappa shape index (κ3) is 4.56. The second-order valence-electron chi connectivity index (χ2n) is 6.95. The van der Waals surface area contributed by atoms with Gasteiger partial charge in [-0.2, -0.15) is 4.31 Å². The Hall–Kier alpha value is -2.73. The van der Waals surface area contributed by atoms with Crippen molar-refractivity contribution in [3.8, 4) is 5.69 Å². The average molecular weight is 477 g/mol.